The second kappa shape index (κ2) is 5.40. The number of carbonyl (C=O) groups is 1. The van der Waals surface area contributed by atoms with Crippen molar-refractivity contribution in [2.75, 3.05) is 0 Å². The van der Waals surface area contributed by atoms with Crippen LogP contribution < -0.4 is 0 Å². The molecule has 0 spiro atoms. The monoisotopic (exact) mass is 254 g/mol. The van der Waals surface area contributed by atoms with Crippen molar-refractivity contribution in [2.45, 2.75) is 6.92 Å². The van der Waals surface area contributed by atoms with Gasteiger partial charge in [-0.2, -0.15) is 0 Å². The molecular weight excluding hydrogens is 240 g/mol. The van der Waals surface area contributed by atoms with Gasteiger partial charge in [0.1, 0.15) is 11.5 Å². The highest BCUT2D eigenvalue weighted by molar-refractivity contribution is 6.08. The predicted octanol–water partition coefficient (Wildman–Crippen LogP) is 3.30. The lowest BCUT2D eigenvalue weighted by Crippen LogP contribution is -1.94. The van der Waals surface area contributed by atoms with Gasteiger partial charge in [-0.15, -0.1) is 0 Å². The molecule has 0 bridgehead atoms. The molecule has 2 N–H and O–H groups in total. The lowest BCUT2D eigenvalue weighted by atomic mass is 10.1. The zero-order valence-electron chi connectivity index (χ0n) is 10.5. The van der Waals surface area contributed by atoms with Gasteiger partial charge in [-0.3, -0.25) is 4.79 Å². The summed E-state index contributed by atoms with van der Waals surface area (Å²) in [6.45, 7) is 1.79. The van der Waals surface area contributed by atoms with E-state index in [9.17, 15) is 15.0 Å². The molecule has 0 aliphatic rings. The number of hydrogen-bond donors (Lipinski definition) is 2. The van der Waals surface area contributed by atoms with Crippen molar-refractivity contribution in [3.05, 3.63) is 65.2 Å². The maximum atomic E-state index is 11.9. The second-order valence-corrected chi connectivity index (χ2v) is 4.26. The normalized spacial score (nSPS) is 10.8. The summed E-state index contributed by atoms with van der Waals surface area (Å²) >= 11 is 0. The highest BCUT2D eigenvalue weighted by Crippen LogP contribution is 2.19. The molecule has 19 heavy (non-hydrogen) atoms. The molecule has 96 valence electrons. The third-order valence-corrected chi connectivity index (χ3v) is 2.82. The van der Waals surface area contributed by atoms with Gasteiger partial charge >= 0.3 is 0 Å². The number of carbonyl (C=O) groups excluding carboxylic acids is 1. The van der Waals surface area contributed by atoms with E-state index in [0.29, 0.717) is 0 Å². The smallest absolute Gasteiger partial charge is 0.189 e. The van der Waals surface area contributed by atoms with Gasteiger partial charge in [0.25, 0.3) is 0 Å². The van der Waals surface area contributed by atoms with Crippen molar-refractivity contribution < 1.29 is 15.0 Å². The minimum absolute atomic E-state index is 0.0287. The van der Waals surface area contributed by atoms with Gasteiger partial charge in [-0.25, -0.2) is 0 Å². The van der Waals surface area contributed by atoms with E-state index in [2.05, 4.69) is 0 Å². The Morgan fingerprint density at radius 3 is 2.47 bits per heavy atom. The van der Waals surface area contributed by atoms with Crippen LogP contribution in [0.2, 0.25) is 0 Å². The Labute approximate surface area is 111 Å². The first kappa shape index (κ1) is 12.9. The fraction of sp³-hybridized carbons (Fsp3) is 0.0625. The van der Waals surface area contributed by atoms with Crippen molar-refractivity contribution in [1.82, 2.24) is 0 Å². The van der Waals surface area contributed by atoms with E-state index in [0.717, 1.165) is 11.1 Å². The molecule has 0 fully saturated rings. The third kappa shape index (κ3) is 3.01. The molecule has 0 aliphatic heterocycles. The maximum Gasteiger partial charge on any atom is 0.189 e. The van der Waals surface area contributed by atoms with Gasteiger partial charge in [0, 0.05) is 0 Å². The van der Waals surface area contributed by atoms with Crippen molar-refractivity contribution >= 4 is 11.9 Å². The van der Waals surface area contributed by atoms with Crippen LogP contribution in [-0.2, 0) is 0 Å². The molecule has 0 atom stereocenters. The minimum Gasteiger partial charge on any atom is -0.508 e. The minimum atomic E-state index is -0.260. The number of para-hydroxylation sites is 1. The molecule has 3 heteroatoms. The van der Waals surface area contributed by atoms with Gasteiger partial charge in [-0.05, 0) is 48.4 Å². The average molecular weight is 254 g/mol. The number of phenols is 2. The Hall–Kier alpha value is -2.55. The van der Waals surface area contributed by atoms with Crippen LogP contribution in [0, 0.1) is 6.92 Å². The zero-order chi connectivity index (χ0) is 13.8. The summed E-state index contributed by atoms with van der Waals surface area (Å²) in [5.74, 6) is -0.0629. The molecule has 3 nitrogen and oxygen atoms in total. The Bertz CT molecular complexity index is 642. The van der Waals surface area contributed by atoms with Crippen molar-refractivity contribution in [3.8, 4) is 11.5 Å². The van der Waals surface area contributed by atoms with Gasteiger partial charge in [0.2, 0.25) is 0 Å². The number of benzene rings is 2. The molecule has 0 unspecified atom stereocenters. The largest absolute Gasteiger partial charge is 0.508 e. The van der Waals surface area contributed by atoms with E-state index in [1.807, 2.05) is 0 Å². The summed E-state index contributed by atoms with van der Waals surface area (Å²) in [5, 5.41) is 19.0. The predicted molar refractivity (Wildman–Crippen MR) is 74.3 cm³/mol. The number of hydrogen-bond acceptors (Lipinski definition) is 3. The number of phenolic OH excluding ortho intramolecular Hbond substituents is 2. The number of aryl methyl sites for hydroxylation is 1. The molecule has 0 heterocycles. The van der Waals surface area contributed by atoms with Crippen LogP contribution in [0.4, 0.5) is 0 Å². The summed E-state index contributed by atoms with van der Waals surface area (Å²) in [4.78, 5) is 11.9. The number of ketones is 1. The van der Waals surface area contributed by atoms with Crippen LogP contribution in [0.1, 0.15) is 21.5 Å². The van der Waals surface area contributed by atoms with Crippen molar-refractivity contribution in [3.63, 3.8) is 0 Å². The molecular formula is C16H14O3. The maximum absolute atomic E-state index is 11.9. The average Bonchev–Trinajstić information content (AvgIpc) is 2.40. The van der Waals surface area contributed by atoms with Crippen LogP contribution in [-0.4, -0.2) is 16.0 Å². The fourth-order valence-electron chi connectivity index (χ4n) is 1.73. The second-order valence-electron chi connectivity index (χ2n) is 4.26. The van der Waals surface area contributed by atoms with Gasteiger partial charge in [0.15, 0.2) is 5.78 Å². The summed E-state index contributed by atoms with van der Waals surface area (Å²) in [6.07, 6.45) is 3.06. The quantitative estimate of drug-likeness (QED) is 0.652. The Morgan fingerprint density at radius 2 is 1.79 bits per heavy atom. The van der Waals surface area contributed by atoms with Gasteiger partial charge in [-0.1, -0.05) is 24.3 Å². The molecule has 0 saturated carbocycles. The molecule has 0 aliphatic carbocycles. The summed E-state index contributed by atoms with van der Waals surface area (Å²) in [6, 6.07) is 11.5. The zero-order valence-corrected chi connectivity index (χ0v) is 10.5. The van der Waals surface area contributed by atoms with Crippen LogP contribution in [0.25, 0.3) is 6.08 Å². The van der Waals surface area contributed by atoms with E-state index in [4.69, 9.17) is 0 Å². The SMILES string of the molecule is Cc1cc(C=CC(=O)c2ccccc2O)ccc1O. The highest BCUT2D eigenvalue weighted by atomic mass is 16.3. The van der Waals surface area contributed by atoms with Crippen LogP contribution in [0.3, 0.4) is 0 Å². The van der Waals surface area contributed by atoms with E-state index in [-0.39, 0.29) is 22.8 Å². The Morgan fingerprint density at radius 1 is 1.05 bits per heavy atom. The van der Waals surface area contributed by atoms with E-state index in [1.165, 1.54) is 12.1 Å². The third-order valence-electron chi connectivity index (χ3n) is 2.82. The summed E-state index contributed by atoms with van der Waals surface area (Å²) in [7, 11) is 0. The van der Waals surface area contributed by atoms with E-state index < -0.39 is 0 Å². The molecule has 0 radical (unpaired) electrons. The standard InChI is InChI=1S/C16H14O3/c1-11-10-12(6-8-14(11)17)7-9-16(19)13-4-2-3-5-15(13)18/h2-10,17-18H,1H3. The topological polar surface area (TPSA) is 57.5 Å². The molecule has 2 rings (SSSR count). The van der Waals surface area contributed by atoms with E-state index >= 15 is 0 Å². The van der Waals surface area contributed by atoms with Gasteiger partial charge < -0.3 is 10.2 Å². The van der Waals surface area contributed by atoms with Crippen molar-refractivity contribution in [2.24, 2.45) is 0 Å². The lowest BCUT2D eigenvalue weighted by Gasteiger charge is -2.01. The first-order valence-corrected chi connectivity index (χ1v) is 5.88. The molecule has 2 aromatic rings. The van der Waals surface area contributed by atoms with Crippen LogP contribution >= 0.6 is 0 Å². The van der Waals surface area contributed by atoms with Crippen molar-refractivity contribution in [1.29, 1.82) is 0 Å². The van der Waals surface area contributed by atoms with Crippen LogP contribution in [0.15, 0.2) is 48.5 Å². The lowest BCUT2D eigenvalue weighted by molar-refractivity contribution is 0.104. The molecule has 0 saturated heterocycles. The molecule has 0 aromatic heterocycles. The Balaban J connectivity index is 2.21. The molecule has 2 aromatic carbocycles. The first-order chi connectivity index (χ1) is 9.08. The molecule has 0 amide bonds. The first-order valence-electron chi connectivity index (χ1n) is 5.88. The van der Waals surface area contributed by atoms with E-state index in [1.54, 1.807) is 49.4 Å². The fourth-order valence-corrected chi connectivity index (χ4v) is 1.73. The van der Waals surface area contributed by atoms with Crippen LogP contribution in [0.5, 0.6) is 11.5 Å². The number of rotatable bonds is 3. The summed E-state index contributed by atoms with van der Waals surface area (Å²) in [5.41, 5.74) is 1.84. The summed E-state index contributed by atoms with van der Waals surface area (Å²) < 4.78 is 0. The number of aromatic hydroxyl groups is 2. The van der Waals surface area contributed by atoms with Gasteiger partial charge in [0.05, 0.1) is 5.56 Å². The number of allylic oxidation sites excluding steroid dienone is 1. The Kier molecular flexibility index (Phi) is 3.66. The highest BCUT2D eigenvalue weighted by Gasteiger charge is 2.06.